The first-order valence-electron chi connectivity index (χ1n) is 9.50. The standard InChI is InChI=1S/C23H20N4O/c28-20-14-17(12-11-16-7-3-1-4-8-16)13-19-21(20)22(18-9-5-2-6-10-18)27-23(26-19)24-15-25-27/h1-12,15,17,22H,13-14H2,(H,24,25,26)/b12-11+/t17-,22-/m1/s1. The van der Waals surface area contributed by atoms with Gasteiger partial charge < -0.3 is 5.32 Å². The number of rotatable bonds is 3. The predicted molar refractivity (Wildman–Crippen MR) is 108 cm³/mol. The third kappa shape index (κ3) is 2.95. The van der Waals surface area contributed by atoms with Crippen molar-refractivity contribution in [3.63, 3.8) is 0 Å². The summed E-state index contributed by atoms with van der Waals surface area (Å²) in [6.07, 6.45) is 7.09. The number of fused-ring (bicyclic) bond motifs is 1. The molecule has 1 aliphatic carbocycles. The molecule has 1 aromatic heterocycles. The lowest BCUT2D eigenvalue weighted by molar-refractivity contribution is -0.117. The van der Waals surface area contributed by atoms with E-state index in [0.29, 0.717) is 12.4 Å². The summed E-state index contributed by atoms with van der Waals surface area (Å²) in [6.45, 7) is 0. The maximum Gasteiger partial charge on any atom is 0.226 e. The molecule has 2 aromatic carbocycles. The number of Topliss-reactive ketones (excluding diaryl/α,β-unsaturated/α-hetero) is 1. The van der Waals surface area contributed by atoms with Crippen molar-refractivity contribution in [2.45, 2.75) is 18.9 Å². The Bertz CT molecular complexity index is 1070. The zero-order chi connectivity index (χ0) is 18.9. The number of anilines is 1. The molecule has 2 atom stereocenters. The zero-order valence-electron chi connectivity index (χ0n) is 15.3. The summed E-state index contributed by atoms with van der Waals surface area (Å²) in [5.41, 5.74) is 3.98. The van der Waals surface area contributed by atoms with Crippen molar-refractivity contribution in [3.05, 3.63) is 95.5 Å². The summed E-state index contributed by atoms with van der Waals surface area (Å²) in [7, 11) is 0. The van der Waals surface area contributed by atoms with Gasteiger partial charge in [0.15, 0.2) is 5.78 Å². The van der Waals surface area contributed by atoms with Gasteiger partial charge in [-0.3, -0.25) is 4.79 Å². The molecule has 0 saturated carbocycles. The first-order chi connectivity index (χ1) is 13.8. The molecule has 0 fully saturated rings. The average molecular weight is 368 g/mol. The Labute approximate surface area is 163 Å². The average Bonchev–Trinajstić information content (AvgIpc) is 3.20. The van der Waals surface area contributed by atoms with Crippen LogP contribution < -0.4 is 5.32 Å². The van der Waals surface area contributed by atoms with E-state index in [-0.39, 0.29) is 17.7 Å². The molecule has 5 nitrogen and oxygen atoms in total. The Morgan fingerprint density at radius 1 is 1.00 bits per heavy atom. The number of hydrogen-bond donors (Lipinski definition) is 1. The molecule has 138 valence electrons. The monoisotopic (exact) mass is 368 g/mol. The van der Waals surface area contributed by atoms with Gasteiger partial charge in [0.1, 0.15) is 12.4 Å². The molecule has 0 saturated heterocycles. The van der Waals surface area contributed by atoms with E-state index < -0.39 is 0 Å². The van der Waals surface area contributed by atoms with Crippen molar-refractivity contribution in [1.82, 2.24) is 14.8 Å². The second-order valence-corrected chi connectivity index (χ2v) is 7.22. The lowest BCUT2D eigenvalue weighted by atomic mass is 9.80. The van der Waals surface area contributed by atoms with Gasteiger partial charge in [-0.1, -0.05) is 72.8 Å². The number of hydrogen-bond acceptors (Lipinski definition) is 4. The Balaban J connectivity index is 1.50. The van der Waals surface area contributed by atoms with E-state index in [2.05, 4.69) is 39.7 Å². The van der Waals surface area contributed by atoms with Crippen LogP contribution in [0.1, 0.15) is 30.0 Å². The molecule has 0 spiro atoms. The molecular weight excluding hydrogens is 348 g/mol. The van der Waals surface area contributed by atoms with Gasteiger partial charge in [0.05, 0.1) is 0 Å². The quantitative estimate of drug-likeness (QED) is 0.751. The van der Waals surface area contributed by atoms with Crippen LogP contribution in [0.4, 0.5) is 5.95 Å². The summed E-state index contributed by atoms with van der Waals surface area (Å²) in [5, 5.41) is 7.73. The topological polar surface area (TPSA) is 59.8 Å². The zero-order valence-corrected chi connectivity index (χ0v) is 15.3. The van der Waals surface area contributed by atoms with Gasteiger partial charge in [0, 0.05) is 17.7 Å². The maximum absolute atomic E-state index is 13.2. The molecule has 1 N–H and O–H groups in total. The Morgan fingerprint density at radius 3 is 2.54 bits per heavy atom. The molecule has 0 radical (unpaired) electrons. The van der Waals surface area contributed by atoms with E-state index in [1.54, 1.807) is 0 Å². The first-order valence-corrected chi connectivity index (χ1v) is 9.50. The highest BCUT2D eigenvalue weighted by Crippen LogP contribution is 2.41. The number of nitrogens with one attached hydrogen (secondary N) is 1. The van der Waals surface area contributed by atoms with Crippen molar-refractivity contribution in [2.75, 3.05) is 5.32 Å². The summed E-state index contributed by atoms with van der Waals surface area (Å²) in [4.78, 5) is 17.5. The Morgan fingerprint density at radius 2 is 1.75 bits per heavy atom. The summed E-state index contributed by atoms with van der Waals surface area (Å²) in [5.74, 6) is 1.03. The number of aromatic nitrogens is 3. The van der Waals surface area contributed by atoms with E-state index in [0.717, 1.165) is 28.8 Å². The fraction of sp³-hybridized carbons (Fsp3) is 0.174. The van der Waals surface area contributed by atoms with Crippen LogP contribution in [0.2, 0.25) is 0 Å². The molecule has 0 amide bonds. The molecule has 0 bridgehead atoms. The van der Waals surface area contributed by atoms with Crippen molar-refractivity contribution >= 4 is 17.8 Å². The minimum absolute atomic E-state index is 0.171. The smallest absolute Gasteiger partial charge is 0.226 e. The second kappa shape index (κ2) is 6.93. The summed E-state index contributed by atoms with van der Waals surface area (Å²) >= 11 is 0. The molecule has 2 aliphatic rings. The van der Waals surface area contributed by atoms with E-state index in [9.17, 15) is 4.79 Å². The number of carbonyl (C=O) groups is 1. The molecule has 3 aromatic rings. The highest BCUT2D eigenvalue weighted by atomic mass is 16.1. The van der Waals surface area contributed by atoms with Gasteiger partial charge in [0.25, 0.3) is 0 Å². The fourth-order valence-corrected chi connectivity index (χ4v) is 4.07. The lowest BCUT2D eigenvalue weighted by Crippen LogP contribution is -2.33. The van der Waals surface area contributed by atoms with Crippen LogP contribution in [0, 0.1) is 5.92 Å². The maximum atomic E-state index is 13.2. The molecule has 28 heavy (non-hydrogen) atoms. The van der Waals surface area contributed by atoms with Crippen LogP contribution in [0.5, 0.6) is 0 Å². The third-order valence-electron chi connectivity index (χ3n) is 5.37. The van der Waals surface area contributed by atoms with Crippen molar-refractivity contribution in [3.8, 4) is 0 Å². The normalized spacial score (nSPS) is 21.4. The van der Waals surface area contributed by atoms with Gasteiger partial charge in [0.2, 0.25) is 5.95 Å². The highest BCUT2D eigenvalue weighted by Gasteiger charge is 2.38. The minimum Gasteiger partial charge on any atom is -0.328 e. The number of nitrogens with zero attached hydrogens (tertiary/aromatic N) is 3. The predicted octanol–water partition coefficient (Wildman–Crippen LogP) is 4.24. The van der Waals surface area contributed by atoms with Crippen LogP contribution in [-0.2, 0) is 4.79 Å². The SMILES string of the molecule is O=C1C[C@H](/C=C/c2ccccc2)CC2=C1[C@@H](c1ccccc1)n1ncnc1N2. The molecule has 2 heterocycles. The first kappa shape index (κ1) is 16.7. The number of carbonyl (C=O) groups excluding carboxylic acids is 1. The van der Waals surface area contributed by atoms with Gasteiger partial charge in [-0.15, -0.1) is 0 Å². The van der Waals surface area contributed by atoms with E-state index in [1.807, 2.05) is 53.2 Å². The van der Waals surface area contributed by atoms with Crippen molar-refractivity contribution < 1.29 is 4.79 Å². The molecule has 5 heteroatoms. The molecular formula is C23H20N4O. The molecule has 0 unspecified atom stereocenters. The van der Waals surface area contributed by atoms with Gasteiger partial charge in [-0.2, -0.15) is 10.1 Å². The van der Waals surface area contributed by atoms with Gasteiger partial charge in [-0.05, 0) is 23.5 Å². The lowest BCUT2D eigenvalue weighted by Gasteiger charge is -2.34. The highest BCUT2D eigenvalue weighted by molar-refractivity contribution is 5.99. The van der Waals surface area contributed by atoms with Gasteiger partial charge >= 0.3 is 0 Å². The summed E-state index contributed by atoms with van der Waals surface area (Å²) < 4.78 is 1.81. The fourth-order valence-electron chi connectivity index (χ4n) is 4.07. The van der Waals surface area contributed by atoms with Crippen LogP contribution >= 0.6 is 0 Å². The summed E-state index contributed by atoms with van der Waals surface area (Å²) in [6, 6.07) is 20.0. The number of ketones is 1. The van der Waals surface area contributed by atoms with Crippen LogP contribution in [0.25, 0.3) is 6.08 Å². The van der Waals surface area contributed by atoms with Crippen molar-refractivity contribution in [1.29, 1.82) is 0 Å². The molecule has 5 rings (SSSR count). The number of allylic oxidation sites excluding steroid dienone is 3. The third-order valence-corrected chi connectivity index (χ3v) is 5.37. The van der Waals surface area contributed by atoms with Crippen LogP contribution in [0.15, 0.2) is 84.3 Å². The van der Waals surface area contributed by atoms with Crippen LogP contribution in [-0.4, -0.2) is 20.5 Å². The van der Waals surface area contributed by atoms with E-state index >= 15 is 0 Å². The van der Waals surface area contributed by atoms with E-state index in [4.69, 9.17) is 0 Å². The van der Waals surface area contributed by atoms with E-state index in [1.165, 1.54) is 6.33 Å². The largest absolute Gasteiger partial charge is 0.328 e. The van der Waals surface area contributed by atoms with Crippen LogP contribution in [0.3, 0.4) is 0 Å². The Hall–Kier alpha value is -3.47. The van der Waals surface area contributed by atoms with Gasteiger partial charge in [-0.25, -0.2) is 4.68 Å². The minimum atomic E-state index is -0.221. The second-order valence-electron chi connectivity index (χ2n) is 7.22. The number of benzene rings is 2. The molecule has 1 aliphatic heterocycles. The van der Waals surface area contributed by atoms with Crippen molar-refractivity contribution in [2.24, 2.45) is 5.92 Å². The Kier molecular flexibility index (Phi) is 4.13.